The average molecular weight is 324 g/mol. The van der Waals surface area contributed by atoms with Gasteiger partial charge in [0, 0.05) is 13.3 Å². The van der Waals surface area contributed by atoms with Crippen LogP contribution in [0.25, 0.3) is 11.3 Å². The molecule has 9 heteroatoms. The molecule has 4 atom stereocenters. The first-order chi connectivity index (χ1) is 11.1. The maximum Gasteiger partial charge on any atom is 0.330 e. The van der Waals surface area contributed by atoms with Crippen LogP contribution < -0.4 is 11.2 Å². The van der Waals surface area contributed by atoms with Crippen molar-refractivity contribution in [1.82, 2.24) is 9.55 Å². The maximum absolute atomic E-state index is 12.1. The van der Waals surface area contributed by atoms with Gasteiger partial charge in [-0.1, -0.05) is 0 Å². The zero-order valence-electron chi connectivity index (χ0n) is 12.2. The molecule has 1 aliphatic rings. The number of hydrogen-bond acceptors (Lipinski definition) is 7. The van der Waals surface area contributed by atoms with E-state index in [0.29, 0.717) is 0 Å². The summed E-state index contributed by atoms with van der Waals surface area (Å²) in [5, 5.41) is 19.3. The summed E-state index contributed by atoms with van der Waals surface area (Å²) in [5.74, 6) is 0.284. The van der Waals surface area contributed by atoms with Gasteiger partial charge in [0.15, 0.2) is 6.23 Å². The van der Waals surface area contributed by atoms with Crippen molar-refractivity contribution in [2.45, 2.75) is 24.5 Å². The first-order valence-electron chi connectivity index (χ1n) is 6.93. The van der Waals surface area contributed by atoms with Crippen LogP contribution in [0, 0.1) is 0 Å². The van der Waals surface area contributed by atoms with E-state index in [1.165, 1.54) is 19.6 Å². The number of aliphatic hydroxyl groups is 2. The number of rotatable bonds is 4. The monoisotopic (exact) mass is 324 g/mol. The molecule has 0 spiro atoms. The molecule has 0 amide bonds. The van der Waals surface area contributed by atoms with E-state index in [-0.39, 0.29) is 11.3 Å². The van der Waals surface area contributed by atoms with E-state index in [0.717, 1.165) is 4.57 Å². The second-order valence-corrected chi connectivity index (χ2v) is 5.13. The Hall–Kier alpha value is -2.20. The van der Waals surface area contributed by atoms with Crippen LogP contribution in [0.2, 0.25) is 0 Å². The van der Waals surface area contributed by atoms with Crippen LogP contribution in [0.1, 0.15) is 6.23 Å². The lowest BCUT2D eigenvalue weighted by Gasteiger charge is -2.20. The molecule has 0 aromatic carbocycles. The van der Waals surface area contributed by atoms with E-state index in [2.05, 4.69) is 4.98 Å². The molecule has 1 fully saturated rings. The molecule has 124 valence electrons. The molecule has 0 bridgehead atoms. The summed E-state index contributed by atoms with van der Waals surface area (Å²) < 4.78 is 16.9. The Labute approximate surface area is 129 Å². The van der Waals surface area contributed by atoms with Crippen molar-refractivity contribution in [1.29, 1.82) is 0 Å². The minimum Gasteiger partial charge on any atom is -0.464 e. The van der Waals surface area contributed by atoms with Gasteiger partial charge in [0.2, 0.25) is 0 Å². The predicted octanol–water partition coefficient (Wildman–Crippen LogP) is -0.938. The Kier molecular flexibility index (Phi) is 4.18. The molecule has 3 N–H and O–H groups in total. The third-order valence-electron chi connectivity index (χ3n) is 3.79. The Balaban J connectivity index is 2.08. The zero-order valence-corrected chi connectivity index (χ0v) is 12.2. The fourth-order valence-corrected chi connectivity index (χ4v) is 2.63. The summed E-state index contributed by atoms with van der Waals surface area (Å²) in [6, 6.07) is 3.19. The van der Waals surface area contributed by atoms with E-state index in [1.807, 2.05) is 0 Å². The minimum absolute atomic E-state index is 0.134. The average Bonchev–Trinajstić information content (AvgIpc) is 3.15. The number of aromatic amines is 1. The van der Waals surface area contributed by atoms with Crippen LogP contribution in [0.5, 0.6) is 0 Å². The number of ether oxygens (including phenoxy) is 2. The standard InChI is InChI=1S/C14H16N2O7/c1-21-11-10(18)9(6-17)23-13(11)16-5-7(8-3-2-4-22-8)12(19)15-14(16)20/h2-5,9-11,13,17-18H,6H2,1H3,(H,15,19,20)/t9-,10-,11-,13-/m1/s1. The van der Waals surface area contributed by atoms with E-state index in [1.54, 1.807) is 12.1 Å². The molecule has 0 radical (unpaired) electrons. The predicted molar refractivity (Wildman–Crippen MR) is 76.8 cm³/mol. The lowest BCUT2D eigenvalue weighted by atomic mass is 10.1. The SMILES string of the molecule is CO[C@@H]1[C@H](O)[C@@H](CO)O[C@H]1n1cc(-c2ccco2)c(=O)[nH]c1=O. The van der Waals surface area contributed by atoms with Gasteiger partial charge in [-0.2, -0.15) is 0 Å². The topological polar surface area (TPSA) is 127 Å². The Morgan fingerprint density at radius 3 is 2.83 bits per heavy atom. The Bertz CT molecular complexity index is 779. The van der Waals surface area contributed by atoms with Crippen molar-refractivity contribution < 1.29 is 24.1 Å². The normalized spacial score (nSPS) is 27.4. The first-order valence-corrected chi connectivity index (χ1v) is 6.93. The van der Waals surface area contributed by atoms with Gasteiger partial charge in [0.1, 0.15) is 24.1 Å². The van der Waals surface area contributed by atoms with Crippen molar-refractivity contribution in [3.05, 3.63) is 45.4 Å². The van der Waals surface area contributed by atoms with Gasteiger partial charge in [0.05, 0.1) is 18.4 Å². The number of furan rings is 1. The molecule has 1 aliphatic heterocycles. The molecule has 0 aliphatic carbocycles. The van der Waals surface area contributed by atoms with E-state index in [9.17, 15) is 19.8 Å². The molecule has 2 aromatic heterocycles. The van der Waals surface area contributed by atoms with Gasteiger partial charge < -0.3 is 24.1 Å². The number of aliphatic hydroxyl groups excluding tert-OH is 2. The van der Waals surface area contributed by atoms with Crippen molar-refractivity contribution in [3.8, 4) is 11.3 Å². The molecular weight excluding hydrogens is 308 g/mol. The van der Waals surface area contributed by atoms with Gasteiger partial charge in [-0.15, -0.1) is 0 Å². The van der Waals surface area contributed by atoms with Crippen molar-refractivity contribution in [2.24, 2.45) is 0 Å². The highest BCUT2D eigenvalue weighted by molar-refractivity contribution is 5.54. The van der Waals surface area contributed by atoms with Crippen LogP contribution in [0.15, 0.2) is 38.6 Å². The highest BCUT2D eigenvalue weighted by Gasteiger charge is 2.45. The molecule has 3 rings (SSSR count). The third kappa shape index (κ3) is 2.63. The van der Waals surface area contributed by atoms with Gasteiger partial charge >= 0.3 is 5.69 Å². The van der Waals surface area contributed by atoms with Crippen LogP contribution in [-0.4, -0.2) is 51.8 Å². The highest BCUT2D eigenvalue weighted by Crippen LogP contribution is 2.30. The lowest BCUT2D eigenvalue weighted by Crippen LogP contribution is -2.39. The van der Waals surface area contributed by atoms with Crippen molar-refractivity contribution in [2.75, 3.05) is 13.7 Å². The molecule has 3 heterocycles. The second kappa shape index (κ2) is 6.13. The van der Waals surface area contributed by atoms with Crippen molar-refractivity contribution >= 4 is 0 Å². The number of nitrogens with zero attached hydrogens (tertiary/aromatic N) is 1. The fourth-order valence-electron chi connectivity index (χ4n) is 2.63. The van der Waals surface area contributed by atoms with Crippen LogP contribution in [-0.2, 0) is 9.47 Å². The Morgan fingerprint density at radius 1 is 1.43 bits per heavy atom. The summed E-state index contributed by atoms with van der Waals surface area (Å²) in [7, 11) is 1.36. The van der Waals surface area contributed by atoms with Gasteiger partial charge in [-0.3, -0.25) is 14.3 Å². The van der Waals surface area contributed by atoms with Gasteiger partial charge in [0.25, 0.3) is 5.56 Å². The number of H-pyrrole nitrogens is 1. The third-order valence-corrected chi connectivity index (χ3v) is 3.79. The zero-order chi connectivity index (χ0) is 16.6. The lowest BCUT2D eigenvalue weighted by molar-refractivity contribution is -0.0624. The number of hydrogen-bond donors (Lipinski definition) is 3. The molecule has 2 aromatic rings. The van der Waals surface area contributed by atoms with Gasteiger partial charge in [-0.25, -0.2) is 4.79 Å². The van der Waals surface area contributed by atoms with E-state index >= 15 is 0 Å². The summed E-state index contributed by atoms with van der Waals surface area (Å²) in [6.07, 6.45) is -1.19. The maximum atomic E-state index is 12.1. The largest absolute Gasteiger partial charge is 0.464 e. The quantitative estimate of drug-likeness (QED) is 0.662. The van der Waals surface area contributed by atoms with Crippen LogP contribution in [0.4, 0.5) is 0 Å². The number of aromatic nitrogens is 2. The summed E-state index contributed by atoms with van der Waals surface area (Å²) in [6.45, 7) is -0.430. The molecule has 9 nitrogen and oxygen atoms in total. The summed E-state index contributed by atoms with van der Waals surface area (Å²) in [5.41, 5.74) is -1.19. The van der Waals surface area contributed by atoms with E-state index < -0.39 is 42.4 Å². The molecule has 1 saturated heterocycles. The molecular formula is C14H16N2O7. The molecule has 23 heavy (non-hydrogen) atoms. The minimum atomic E-state index is -1.11. The number of methoxy groups -OCH3 is 1. The summed E-state index contributed by atoms with van der Waals surface area (Å²) >= 11 is 0. The summed E-state index contributed by atoms with van der Waals surface area (Å²) in [4.78, 5) is 26.2. The molecule has 0 saturated carbocycles. The highest BCUT2D eigenvalue weighted by atomic mass is 16.6. The second-order valence-electron chi connectivity index (χ2n) is 5.13. The molecule has 0 unspecified atom stereocenters. The van der Waals surface area contributed by atoms with Gasteiger partial charge in [-0.05, 0) is 12.1 Å². The fraction of sp³-hybridized carbons (Fsp3) is 0.429. The smallest absolute Gasteiger partial charge is 0.330 e. The Morgan fingerprint density at radius 2 is 2.22 bits per heavy atom. The van der Waals surface area contributed by atoms with Crippen LogP contribution in [0.3, 0.4) is 0 Å². The van der Waals surface area contributed by atoms with E-state index in [4.69, 9.17) is 13.9 Å². The first kappa shape index (κ1) is 15.7. The van der Waals surface area contributed by atoms with Crippen LogP contribution >= 0.6 is 0 Å². The van der Waals surface area contributed by atoms with Crippen molar-refractivity contribution in [3.63, 3.8) is 0 Å². The number of nitrogens with one attached hydrogen (secondary N) is 1.